The lowest BCUT2D eigenvalue weighted by Gasteiger charge is -2.37. The number of rotatable bonds is 7. The van der Waals surface area contributed by atoms with E-state index in [1.807, 2.05) is 72.9 Å². The average molecular weight is 615 g/mol. The average Bonchev–Trinajstić information content (AvgIpc) is 3.16. The SMILES string of the molecule is Cc1cccc(C(=O)Nc2cccnc2C)c1[C@H]1SC[C@H](CO[Si](C)(C)C(C)(C)C)Nc2c1c(-c1ccccn1)nn2C. The Morgan fingerprint density at radius 2 is 1.84 bits per heavy atom. The van der Waals surface area contributed by atoms with Gasteiger partial charge >= 0.3 is 0 Å². The molecule has 0 unspecified atom stereocenters. The minimum atomic E-state index is -1.95. The molecule has 0 fully saturated rings. The molecule has 0 saturated carbocycles. The van der Waals surface area contributed by atoms with Gasteiger partial charge in [-0.15, -0.1) is 11.8 Å². The zero-order valence-corrected chi connectivity index (χ0v) is 28.2. The summed E-state index contributed by atoms with van der Waals surface area (Å²) in [5, 5.41) is 11.8. The molecule has 0 spiro atoms. The van der Waals surface area contributed by atoms with Gasteiger partial charge in [-0.2, -0.15) is 5.10 Å². The number of hydrogen-bond donors (Lipinski definition) is 2. The predicted molar refractivity (Wildman–Crippen MR) is 179 cm³/mol. The van der Waals surface area contributed by atoms with E-state index in [9.17, 15) is 4.79 Å². The number of amides is 1. The van der Waals surface area contributed by atoms with Crippen LogP contribution in [0.4, 0.5) is 11.5 Å². The molecule has 1 aliphatic heterocycles. The van der Waals surface area contributed by atoms with Gasteiger partial charge < -0.3 is 15.1 Å². The van der Waals surface area contributed by atoms with Crippen molar-refractivity contribution >= 4 is 37.5 Å². The smallest absolute Gasteiger partial charge is 0.256 e. The summed E-state index contributed by atoms with van der Waals surface area (Å²) in [6, 6.07) is 15.6. The fraction of sp³-hybridized carbons (Fsp3) is 0.394. The topological polar surface area (TPSA) is 94.0 Å². The minimum Gasteiger partial charge on any atom is -0.415 e. The second-order valence-corrected chi connectivity index (χ2v) is 18.6. The van der Waals surface area contributed by atoms with Crippen molar-refractivity contribution in [3.63, 3.8) is 0 Å². The summed E-state index contributed by atoms with van der Waals surface area (Å²) in [6.07, 6.45) is 3.52. The molecule has 3 aromatic heterocycles. The van der Waals surface area contributed by atoms with Crippen molar-refractivity contribution in [1.29, 1.82) is 0 Å². The van der Waals surface area contributed by atoms with E-state index in [2.05, 4.69) is 67.5 Å². The summed E-state index contributed by atoms with van der Waals surface area (Å²) < 4.78 is 8.60. The summed E-state index contributed by atoms with van der Waals surface area (Å²) in [5.74, 6) is 1.57. The van der Waals surface area contributed by atoms with Gasteiger partial charge in [-0.3, -0.25) is 19.4 Å². The van der Waals surface area contributed by atoms with Crippen LogP contribution < -0.4 is 10.6 Å². The standard InChI is InChI=1S/C33H42N6O2SSi/c1-21-13-11-14-24(32(40)37-25-16-12-18-34-22(25)2)27(21)30-28-29(26-15-9-10-17-35-26)38-39(6)31(28)36-23(20-42-30)19-41-43(7,8)33(3,4)5/h9-18,23,30,36H,19-20H2,1-8H3,(H,37,40)/t23-,30+/m0/s1. The third-order valence-electron chi connectivity index (χ3n) is 8.60. The Kier molecular flexibility index (Phi) is 8.83. The second-order valence-electron chi connectivity index (χ2n) is 12.7. The number of carbonyl (C=O) groups is 1. The van der Waals surface area contributed by atoms with E-state index in [0.29, 0.717) is 17.9 Å². The summed E-state index contributed by atoms with van der Waals surface area (Å²) >= 11 is 1.82. The first-order chi connectivity index (χ1) is 20.4. The van der Waals surface area contributed by atoms with Crippen LogP contribution in [0.1, 0.15) is 58.8 Å². The molecule has 10 heteroatoms. The molecule has 226 valence electrons. The Labute approximate surface area is 260 Å². The molecule has 0 bridgehead atoms. The summed E-state index contributed by atoms with van der Waals surface area (Å²) in [5.41, 5.74) is 6.78. The van der Waals surface area contributed by atoms with Crippen LogP contribution in [-0.4, -0.2) is 52.4 Å². The Balaban J connectivity index is 1.59. The Morgan fingerprint density at radius 3 is 2.53 bits per heavy atom. The zero-order chi connectivity index (χ0) is 30.9. The van der Waals surface area contributed by atoms with Gasteiger partial charge in [0.15, 0.2) is 8.32 Å². The summed E-state index contributed by atoms with van der Waals surface area (Å²) in [4.78, 5) is 22.9. The summed E-state index contributed by atoms with van der Waals surface area (Å²) in [7, 11) is 0.0128. The molecule has 43 heavy (non-hydrogen) atoms. The number of nitrogens with zero attached hydrogens (tertiary/aromatic N) is 4. The van der Waals surface area contributed by atoms with Gasteiger partial charge in [-0.25, -0.2) is 0 Å². The second kappa shape index (κ2) is 12.3. The fourth-order valence-corrected chi connectivity index (χ4v) is 7.58. The first kappa shape index (κ1) is 31.0. The number of anilines is 2. The molecule has 1 aromatic carbocycles. The van der Waals surface area contributed by atoms with Crippen molar-refractivity contribution < 1.29 is 9.22 Å². The highest BCUT2D eigenvalue weighted by molar-refractivity contribution is 7.99. The van der Waals surface area contributed by atoms with Crippen LogP contribution in [0.3, 0.4) is 0 Å². The number of aromatic nitrogens is 4. The van der Waals surface area contributed by atoms with E-state index in [4.69, 9.17) is 9.52 Å². The van der Waals surface area contributed by atoms with Gasteiger partial charge in [0.1, 0.15) is 11.5 Å². The van der Waals surface area contributed by atoms with Crippen molar-refractivity contribution in [2.45, 2.75) is 64.0 Å². The molecule has 8 nitrogen and oxygen atoms in total. The normalized spacial score (nSPS) is 17.1. The largest absolute Gasteiger partial charge is 0.415 e. The van der Waals surface area contributed by atoms with Gasteiger partial charge in [0.2, 0.25) is 0 Å². The van der Waals surface area contributed by atoms with Gasteiger partial charge in [0.25, 0.3) is 5.91 Å². The fourth-order valence-electron chi connectivity index (χ4n) is 5.06. The van der Waals surface area contributed by atoms with Crippen molar-refractivity contribution in [3.05, 3.63) is 88.9 Å². The molecular formula is C33H42N6O2SSi. The third kappa shape index (κ3) is 6.41. The van der Waals surface area contributed by atoms with Crippen LogP contribution in [0, 0.1) is 13.8 Å². The van der Waals surface area contributed by atoms with Crippen LogP contribution in [0.2, 0.25) is 18.1 Å². The van der Waals surface area contributed by atoms with E-state index in [0.717, 1.165) is 45.3 Å². The highest BCUT2D eigenvalue weighted by Crippen LogP contribution is 2.48. The monoisotopic (exact) mass is 614 g/mol. The summed E-state index contributed by atoms with van der Waals surface area (Å²) in [6.45, 7) is 15.9. The van der Waals surface area contributed by atoms with Gasteiger partial charge in [0.05, 0.1) is 35.0 Å². The lowest BCUT2D eigenvalue weighted by atomic mass is 9.93. The quantitative estimate of drug-likeness (QED) is 0.210. The van der Waals surface area contributed by atoms with Crippen LogP contribution in [0.25, 0.3) is 11.4 Å². The number of thioether (sulfide) groups is 1. The lowest BCUT2D eigenvalue weighted by Crippen LogP contribution is -2.44. The van der Waals surface area contributed by atoms with Crippen molar-refractivity contribution in [2.75, 3.05) is 23.0 Å². The number of benzene rings is 1. The molecule has 1 amide bonds. The molecule has 2 N–H and O–H groups in total. The number of pyridine rings is 2. The number of nitrogens with one attached hydrogen (secondary N) is 2. The number of hydrogen-bond acceptors (Lipinski definition) is 7. The highest BCUT2D eigenvalue weighted by atomic mass is 32.2. The molecule has 0 saturated heterocycles. The van der Waals surface area contributed by atoms with E-state index < -0.39 is 8.32 Å². The van der Waals surface area contributed by atoms with Crippen LogP contribution in [0.15, 0.2) is 60.9 Å². The number of fused-ring (bicyclic) bond motifs is 1. The minimum absolute atomic E-state index is 0.0641. The van der Waals surface area contributed by atoms with E-state index >= 15 is 0 Å². The maximum atomic E-state index is 13.9. The first-order valence-electron chi connectivity index (χ1n) is 14.7. The van der Waals surface area contributed by atoms with Crippen LogP contribution >= 0.6 is 11.8 Å². The van der Waals surface area contributed by atoms with E-state index in [1.165, 1.54) is 0 Å². The van der Waals surface area contributed by atoms with Gasteiger partial charge in [0, 0.05) is 36.3 Å². The van der Waals surface area contributed by atoms with Crippen LogP contribution in [0.5, 0.6) is 0 Å². The molecule has 1 aliphatic rings. The zero-order valence-electron chi connectivity index (χ0n) is 26.4. The Morgan fingerprint density at radius 1 is 1.07 bits per heavy atom. The van der Waals surface area contributed by atoms with Crippen molar-refractivity contribution in [1.82, 2.24) is 19.7 Å². The van der Waals surface area contributed by atoms with E-state index in [1.54, 1.807) is 12.4 Å². The highest BCUT2D eigenvalue weighted by Gasteiger charge is 2.39. The van der Waals surface area contributed by atoms with E-state index in [-0.39, 0.29) is 22.2 Å². The van der Waals surface area contributed by atoms with Gasteiger partial charge in [-0.1, -0.05) is 39.0 Å². The number of aryl methyl sites for hydroxylation is 3. The molecule has 5 rings (SSSR count). The molecule has 4 aromatic rings. The maximum absolute atomic E-state index is 13.9. The molecule has 0 radical (unpaired) electrons. The lowest BCUT2D eigenvalue weighted by molar-refractivity contribution is 0.102. The molecular weight excluding hydrogens is 573 g/mol. The maximum Gasteiger partial charge on any atom is 0.256 e. The van der Waals surface area contributed by atoms with Crippen molar-refractivity contribution in [2.24, 2.45) is 7.05 Å². The molecule has 2 atom stereocenters. The number of carbonyl (C=O) groups excluding carboxylic acids is 1. The predicted octanol–water partition coefficient (Wildman–Crippen LogP) is 7.38. The van der Waals surface area contributed by atoms with Crippen LogP contribution in [-0.2, 0) is 11.5 Å². The van der Waals surface area contributed by atoms with Gasteiger partial charge in [-0.05, 0) is 73.4 Å². The molecule has 0 aliphatic carbocycles. The first-order valence-corrected chi connectivity index (χ1v) is 18.7. The third-order valence-corrected chi connectivity index (χ3v) is 14.5. The Hall–Kier alpha value is -3.47. The van der Waals surface area contributed by atoms with Crippen molar-refractivity contribution in [3.8, 4) is 11.4 Å². The Bertz CT molecular complexity index is 1620. The molecule has 4 heterocycles.